The van der Waals surface area contributed by atoms with Crippen molar-refractivity contribution in [2.24, 2.45) is 0 Å². The second kappa shape index (κ2) is 8.19. The second-order valence-electron chi connectivity index (χ2n) is 5.35. The molecule has 2 rings (SSSR count). The van der Waals surface area contributed by atoms with E-state index in [0.717, 1.165) is 30.0 Å². The quantitative estimate of drug-likeness (QED) is 0.789. The van der Waals surface area contributed by atoms with Crippen LogP contribution in [0, 0.1) is 0 Å². The first-order valence-corrected chi connectivity index (χ1v) is 8.36. The third-order valence-corrected chi connectivity index (χ3v) is 4.50. The van der Waals surface area contributed by atoms with Crippen LogP contribution < -0.4 is 10.6 Å². The van der Waals surface area contributed by atoms with Crippen LogP contribution in [0.15, 0.2) is 29.2 Å². The van der Waals surface area contributed by atoms with Gasteiger partial charge < -0.3 is 15.4 Å². The minimum Gasteiger partial charge on any atom is -0.376 e. The summed E-state index contributed by atoms with van der Waals surface area (Å²) in [4.78, 5) is 24.0. The van der Waals surface area contributed by atoms with E-state index in [4.69, 9.17) is 4.74 Å². The molecular weight excluding hydrogens is 300 g/mol. The Balaban J connectivity index is 1.78. The van der Waals surface area contributed by atoms with Crippen molar-refractivity contribution in [3.05, 3.63) is 24.3 Å². The third-order valence-electron chi connectivity index (χ3n) is 3.38. The minimum atomic E-state index is -0.173. The maximum atomic E-state index is 12.1. The number of hydrogen-bond donors (Lipinski definition) is 2. The van der Waals surface area contributed by atoms with E-state index >= 15 is 0 Å². The predicted octanol–water partition coefficient (Wildman–Crippen LogP) is 2.42. The Hall–Kier alpha value is -1.53. The van der Waals surface area contributed by atoms with Gasteiger partial charge in [0.15, 0.2) is 0 Å². The lowest BCUT2D eigenvalue weighted by Gasteiger charge is -2.15. The molecule has 22 heavy (non-hydrogen) atoms. The highest BCUT2D eigenvalue weighted by Crippen LogP contribution is 2.25. The van der Waals surface area contributed by atoms with Crippen LogP contribution in [0.5, 0.6) is 0 Å². The fourth-order valence-electron chi connectivity index (χ4n) is 2.24. The predicted molar refractivity (Wildman–Crippen MR) is 88.0 cm³/mol. The number of nitrogens with one attached hydrogen (secondary N) is 2. The zero-order valence-electron chi connectivity index (χ0n) is 12.9. The average Bonchev–Trinajstić information content (AvgIpc) is 2.99. The van der Waals surface area contributed by atoms with Gasteiger partial charge in [-0.15, -0.1) is 11.8 Å². The molecule has 1 aromatic carbocycles. The van der Waals surface area contributed by atoms with E-state index in [2.05, 4.69) is 10.6 Å². The smallest absolute Gasteiger partial charge is 0.233 e. The van der Waals surface area contributed by atoms with Gasteiger partial charge in [-0.05, 0) is 44.0 Å². The Bertz CT molecular complexity index is 513. The molecule has 120 valence electrons. The van der Waals surface area contributed by atoms with Crippen LogP contribution in [-0.4, -0.2) is 36.3 Å². The van der Waals surface area contributed by atoms with Gasteiger partial charge in [0.25, 0.3) is 0 Å². The van der Waals surface area contributed by atoms with Gasteiger partial charge >= 0.3 is 0 Å². The highest BCUT2D eigenvalue weighted by molar-refractivity contribution is 8.00. The van der Waals surface area contributed by atoms with E-state index in [1.807, 2.05) is 31.2 Å². The van der Waals surface area contributed by atoms with Crippen LogP contribution in [0.3, 0.4) is 0 Å². The minimum absolute atomic E-state index is 0.0198. The number of ether oxygens (including phenoxy) is 1. The molecule has 5 nitrogen and oxygen atoms in total. The molecule has 0 spiro atoms. The Kier molecular flexibility index (Phi) is 6.27. The molecule has 0 aliphatic carbocycles. The summed E-state index contributed by atoms with van der Waals surface area (Å²) in [5.41, 5.74) is 0.757. The number of carbonyl (C=O) groups excluding carboxylic acids is 2. The number of benzene rings is 1. The lowest BCUT2D eigenvalue weighted by molar-refractivity contribution is -0.120. The fraction of sp³-hybridized carbons (Fsp3) is 0.500. The van der Waals surface area contributed by atoms with Crippen LogP contribution in [0.25, 0.3) is 0 Å². The van der Waals surface area contributed by atoms with Crippen LogP contribution in [0.1, 0.15) is 26.7 Å². The molecule has 2 unspecified atom stereocenters. The van der Waals surface area contributed by atoms with Crippen molar-refractivity contribution in [1.82, 2.24) is 5.32 Å². The lowest BCUT2D eigenvalue weighted by Crippen LogP contribution is -2.36. The van der Waals surface area contributed by atoms with Crippen molar-refractivity contribution >= 4 is 29.3 Å². The van der Waals surface area contributed by atoms with E-state index in [0.29, 0.717) is 6.54 Å². The summed E-state index contributed by atoms with van der Waals surface area (Å²) >= 11 is 1.50. The Morgan fingerprint density at radius 2 is 2.09 bits per heavy atom. The summed E-state index contributed by atoms with van der Waals surface area (Å²) in [5.74, 6) is -0.0753. The van der Waals surface area contributed by atoms with Crippen molar-refractivity contribution in [3.8, 4) is 0 Å². The van der Waals surface area contributed by atoms with Gasteiger partial charge in [-0.1, -0.05) is 0 Å². The zero-order valence-corrected chi connectivity index (χ0v) is 13.7. The number of anilines is 1. The molecule has 1 aromatic rings. The summed E-state index contributed by atoms with van der Waals surface area (Å²) in [7, 11) is 0. The molecule has 0 saturated carbocycles. The number of carbonyl (C=O) groups is 2. The molecule has 2 atom stereocenters. The normalized spacial score (nSPS) is 18.7. The van der Waals surface area contributed by atoms with Crippen molar-refractivity contribution in [3.63, 3.8) is 0 Å². The number of hydrogen-bond acceptors (Lipinski definition) is 4. The van der Waals surface area contributed by atoms with E-state index in [1.165, 1.54) is 18.7 Å². The highest BCUT2D eigenvalue weighted by atomic mass is 32.2. The van der Waals surface area contributed by atoms with Crippen LogP contribution in [0.2, 0.25) is 0 Å². The SMILES string of the molecule is CC(=O)Nc1ccc(SC(C)C(=O)NCC2CCCO2)cc1. The average molecular weight is 322 g/mol. The molecule has 1 aliphatic rings. The Morgan fingerprint density at radius 1 is 1.36 bits per heavy atom. The fourth-order valence-corrected chi connectivity index (χ4v) is 3.13. The molecule has 0 radical (unpaired) electrons. The van der Waals surface area contributed by atoms with Gasteiger partial charge in [0.2, 0.25) is 11.8 Å². The van der Waals surface area contributed by atoms with Gasteiger partial charge in [0, 0.05) is 30.7 Å². The summed E-state index contributed by atoms with van der Waals surface area (Å²) in [6.07, 6.45) is 2.26. The van der Waals surface area contributed by atoms with E-state index in [1.54, 1.807) is 0 Å². The first-order chi connectivity index (χ1) is 10.5. The molecule has 6 heteroatoms. The molecular formula is C16H22N2O3S. The molecule has 2 amide bonds. The van der Waals surface area contributed by atoms with Crippen molar-refractivity contribution < 1.29 is 14.3 Å². The Morgan fingerprint density at radius 3 is 2.68 bits per heavy atom. The monoisotopic (exact) mass is 322 g/mol. The van der Waals surface area contributed by atoms with E-state index in [-0.39, 0.29) is 23.2 Å². The van der Waals surface area contributed by atoms with E-state index in [9.17, 15) is 9.59 Å². The van der Waals surface area contributed by atoms with Gasteiger partial charge in [-0.3, -0.25) is 9.59 Å². The number of rotatable bonds is 6. The maximum absolute atomic E-state index is 12.1. The standard InChI is InChI=1S/C16H22N2O3S/c1-11(16(20)17-10-14-4-3-9-21-14)22-15-7-5-13(6-8-15)18-12(2)19/h5-8,11,14H,3-4,9-10H2,1-2H3,(H,17,20)(H,18,19). The molecule has 1 heterocycles. The first-order valence-electron chi connectivity index (χ1n) is 7.48. The summed E-state index contributed by atoms with van der Waals surface area (Å²) in [6.45, 7) is 4.75. The van der Waals surface area contributed by atoms with Crippen molar-refractivity contribution in [1.29, 1.82) is 0 Å². The Labute approximate surface area is 135 Å². The van der Waals surface area contributed by atoms with E-state index < -0.39 is 0 Å². The number of amides is 2. The van der Waals surface area contributed by atoms with Gasteiger partial charge in [-0.2, -0.15) is 0 Å². The molecule has 1 saturated heterocycles. The summed E-state index contributed by atoms with van der Waals surface area (Å²) in [6, 6.07) is 7.47. The molecule has 2 N–H and O–H groups in total. The van der Waals surface area contributed by atoms with Gasteiger partial charge in [0.05, 0.1) is 11.4 Å². The highest BCUT2D eigenvalue weighted by Gasteiger charge is 2.19. The van der Waals surface area contributed by atoms with Crippen LogP contribution in [-0.2, 0) is 14.3 Å². The lowest BCUT2D eigenvalue weighted by atomic mass is 10.2. The van der Waals surface area contributed by atoms with Crippen molar-refractivity contribution in [2.75, 3.05) is 18.5 Å². The van der Waals surface area contributed by atoms with Gasteiger partial charge in [0.1, 0.15) is 0 Å². The van der Waals surface area contributed by atoms with Gasteiger partial charge in [-0.25, -0.2) is 0 Å². The second-order valence-corrected chi connectivity index (χ2v) is 6.76. The summed E-state index contributed by atoms with van der Waals surface area (Å²) < 4.78 is 5.49. The zero-order chi connectivity index (χ0) is 15.9. The molecule has 0 aromatic heterocycles. The van der Waals surface area contributed by atoms with Crippen LogP contribution in [0.4, 0.5) is 5.69 Å². The number of thioether (sulfide) groups is 1. The van der Waals surface area contributed by atoms with Crippen LogP contribution >= 0.6 is 11.8 Å². The third kappa shape index (κ3) is 5.35. The molecule has 0 bridgehead atoms. The largest absolute Gasteiger partial charge is 0.376 e. The van der Waals surface area contributed by atoms with Crippen molar-refractivity contribution in [2.45, 2.75) is 42.9 Å². The first kappa shape index (κ1) is 16.8. The molecule has 1 aliphatic heterocycles. The molecule has 1 fully saturated rings. The topological polar surface area (TPSA) is 67.4 Å². The summed E-state index contributed by atoms with van der Waals surface area (Å²) in [5, 5.41) is 5.49. The maximum Gasteiger partial charge on any atom is 0.233 e.